The second-order valence-corrected chi connectivity index (χ2v) is 6.35. The Labute approximate surface area is 157 Å². The first-order valence-electron chi connectivity index (χ1n) is 8.93. The molecule has 0 aliphatic rings. The minimum Gasteiger partial charge on any atom is -0.382 e. The van der Waals surface area contributed by atoms with Gasteiger partial charge in [-0.25, -0.2) is 8.78 Å². The Morgan fingerprint density at radius 3 is 2.37 bits per heavy atom. The third-order valence-corrected chi connectivity index (χ3v) is 4.07. The number of halogens is 2. The largest absolute Gasteiger partial charge is 0.382 e. The van der Waals surface area contributed by atoms with Crippen molar-refractivity contribution in [3.8, 4) is 0 Å². The lowest BCUT2D eigenvalue weighted by molar-refractivity contribution is -0.128. The van der Waals surface area contributed by atoms with E-state index in [1.807, 2.05) is 0 Å². The van der Waals surface area contributed by atoms with Crippen molar-refractivity contribution in [3.05, 3.63) is 35.4 Å². The fraction of sp³-hybridized carbons (Fsp3) is 0.556. The first-order chi connectivity index (χ1) is 12.9. The van der Waals surface area contributed by atoms with Gasteiger partial charge in [0.2, 0.25) is 11.8 Å². The smallest absolute Gasteiger partial charge is 0.250 e. The van der Waals surface area contributed by atoms with E-state index in [1.165, 1.54) is 0 Å². The van der Waals surface area contributed by atoms with Crippen molar-refractivity contribution in [2.24, 2.45) is 17.4 Å². The zero-order chi connectivity index (χ0) is 20.2. The summed E-state index contributed by atoms with van der Waals surface area (Å²) in [6.07, 6.45) is 0.352. The number of amides is 2. The zero-order valence-electron chi connectivity index (χ0n) is 15.2. The molecule has 9 heteroatoms. The molecule has 1 unspecified atom stereocenters. The van der Waals surface area contributed by atoms with Gasteiger partial charge in [-0.1, -0.05) is 0 Å². The summed E-state index contributed by atoms with van der Waals surface area (Å²) in [5.74, 6) is -2.07. The Kier molecular flexibility index (Phi) is 10.5. The van der Waals surface area contributed by atoms with Gasteiger partial charge in [0.15, 0.2) is 0 Å². The first-order valence-corrected chi connectivity index (χ1v) is 8.93. The minimum atomic E-state index is -1.21. The second-order valence-electron chi connectivity index (χ2n) is 6.35. The van der Waals surface area contributed by atoms with Crippen LogP contribution in [0.25, 0.3) is 0 Å². The van der Waals surface area contributed by atoms with Gasteiger partial charge in [0, 0.05) is 26.1 Å². The molecule has 0 aliphatic carbocycles. The van der Waals surface area contributed by atoms with Crippen LogP contribution in [0.3, 0.4) is 0 Å². The molecule has 0 aliphatic heterocycles. The van der Waals surface area contributed by atoms with Gasteiger partial charge in [0.25, 0.3) is 0 Å². The Morgan fingerprint density at radius 2 is 1.74 bits per heavy atom. The fourth-order valence-electron chi connectivity index (χ4n) is 2.50. The number of hydrogen-bond donors (Lipinski definition) is 5. The molecule has 2 atom stereocenters. The maximum absolute atomic E-state index is 13.7. The average molecular weight is 386 g/mol. The van der Waals surface area contributed by atoms with Crippen molar-refractivity contribution in [1.82, 2.24) is 10.6 Å². The van der Waals surface area contributed by atoms with Crippen molar-refractivity contribution < 1.29 is 23.5 Å². The molecule has 152 valence electrons. The van der Waals surface area contributed by atoms with Gasteiger partial charge in [-0.15, -0.1) is 0 Å². The zero-order valence-corrected chi connectivity index (χ0v) is 15.2. The predicted molar refractivity (Wildman–Crippen MR) is 97.5 cm³/mol. The number of benzene rings is 1. The Balaban J connectivity index is 2.26. The van der Waals surface area contributed by atoms with E-state index in [-0.39, 0.29) is 43.3 Å². The van der Waals surface area contributed by atoms with Crippen LogP contribution in [0.5, 0.6) is 0 Å². The Morgan fingerprint density at radius 1 is 1.07 bits per heavy atom. The lowest BCUT2D eigenvalue weighted by Crippen LogP contribution is -2.39. The van der Waals surface area contributed by atoms with E-state index in [9.17, 15) is 23.5 Å². The monoisotopic (exact) mass is 386 g/mol. The predicted octanol–water partition coefficient (Wildman–Crippen LogP) is -0.195. The summed E-state index contributed by atoms with van der Waals surface area (Å²) in [5, 5.41) is 14.5. The number of carbonyl (C=O) groups excluding carboxylic acids is 2. The van der Waals surface area contributed by atoms with E-state index in [1.54, 1.807) is 0 Å². The Hall–Kier alpha value is -2.10. The van der Waals surface area contributed by atoms with Gasteiger partial charge in [0.05, 0.1) is 0 Å². The van der Waals surface area contributed by atoms with Crippen LogP contribution in [-0.2, 0) is 16.0 Å². The van der Waals surface area contributed by atoms with E-state index < -0.39 is 23.6 Å². The van der Waals surface area contributed by atoms with Crippen LogP contribution >= 0.6 is 0 Å². The highest BCUT2D eigenvalue weighted by atomic mass is 19.1. The molecule has 7 nitrogen and oxygen atoms in total. The SMILES string of the molecule is NCC(CC(=O)NCCCCNC(=O)[C@@H](O)CN)Cc1cc(F)ccc1F. The lowest BCUT2D eigenvalue weighted by Gasteiger charge is -2.15. The molecule has 27 heavy (non-hydrogen) atoms. The summed E-state index contributed by atoms with van der Waals surface area (Å²) >= 11 is 0. The van der Waals surface area contributed by atoms with E-state index in [4.69, 9.17) is 11.5 Å². The van der Waals surface area contributed by atoms with Crippen LogP contribution in [0, 0.1) is 17.6 Å². The summed E-state index contributed by atoms with van der Waals surface area (Å²) < 4.78 is 26.9. The molecule has 0 spiro atoms. The molecule has 1 aromatic rings. The van der Waals surface area contributed by atoms with Crippen LogP contribution in [0.4, 0.5) is 8.78 Å². The van der Waals surface area contributed by atoms with E-state index in [2.05, 4.69) is 10.6 Å². The summed E-state index contributed by atoms with van der Waals surface area (Å²) in [4.78, 5) is 23.3. The average Bonchev–Trinajstić information content (AvgIpc) is 2.65. The highest BCUT2D eigenvalue weighted by Crippen LogP contribution is 2.16. The molecule has 0 radical (unpaired) electrons. The maximum atomic E-state index is 13.7. The highest BCUT2D eigenvalue weighted by molar-refractivity contribution is 5.80. The summed E-state index contributed by atoms with van der Waals surface area (Å²) in [6, 6.07) is 3.22. The van der Waals surface area contributed by atoms with E-state index >= 15 is 0 Å². The van der Waals surface area contributed by atoms with Crippen molar-refractivity contribution in [3.63, 3.8) is 0 Å². The number of unbranched alkanes of at least 4 members (excludes halogenated alkanes) is 1. The molecular weight excluding hydrogens is 358 g/mol. The number of aliphatic hydroxyl groups excluding tert-OH is 1. The standard InChI is InChI=1S/C18H28F2N4O3/c19-14-3-4-15(20)13(9-14)7-12(10-21)8-17(26)23-5-1-2-6-24-18(27)16(25)11-22/h3-4,9,12,16,25H,1-2,5-8,10-11,21-22H2,(H,23,26)(H,24,27)/t12?,16-/m0/s1. The molecule has 1 aromatic carbocycles. The number of hydrogen-bond acceptors (Lipinski definition) is 5. The van der Waals surface area contributed by atoms with Gasteiger partial charge in [-0.05, 0) is 55.5 Å². The van der Waals surface area contributed by atoms with Crippen LogP contribution in [0.1, 0.15) is 24.8 Å². The Bertz CT molecular complexity index is 616. The third kappa shape index (κ3) is 8.89. The molecule has 0 fully saturated rings. The van der Waals surface area contributed by atoms with E-state index in [0.717, 1.165) is 18.2 Å². The van der Waals surface area contributed by atoms with Gasteiger partial charge in [-0.3, -0.25) is 9.59 Å². The molecule has 1 rings (SSSR count). The lowest BCUT2D eigenvalue weighted by atomic mass is 9.95. The van der Waals surface area contributed by atoms with Crippen LogP contribution in [-0.4, -0.2) is 49.2 Å². The van der Waals surface area contributed by atoms with Gasteiger partial charge in [0.1, 0.15) is 17.7 Å². The van der Waals surface area contributed by atoms with Gasteiger partial charge in [-0.2, -0.15) is 0 Å². The van der Waals surface area contributed by atoms with Crippen LogP contribution < -0.4 is 22.1 Å². The maximum Gasteiger partial charge on any atom is 0.250 e. The molecular formula is C18H28F2N4O3. The fourth-order valence-corrected chi connectivity index (χ4v) is 2.50. The third-order valence-electron chi connectivity index (χ3n) is 4.07. The highest BCUT2D eigenvalue weighted by Gasteiger charge is 2.16. The summed E-state index contributed by atoms with van der Waals surface area (Å²) in [6.45, 7) is 0.832. The van der Waals surface area contributed by atoms with Gasteiger partial charge < -0.3 is 27.2 Å². The summed E-state index contributed by atoms with van der Waals surface area (Å²) in [5.41, 5.74) is 11.0. The van der Waals surface area contributed by atoms with Crippen molar-refractivity contribution in [2.75, 3.05) is 26.2 Å². The number of nitrogens with one attached hydrogen (secondary N) is 2. The van der Waals surface area contributed by atoms with Gasteiger partial charge >= 0.3 is 0 Å². The topological polar surface area (TPSA) is 130 Å². The van der Waals surface area contributed by atoms with Crippen molar-refractivity contribution in [1.29, 1.82) is 0 Å². The molecule has 2 amide bonds. The quantitative estimate of drug-likeness (QED) is 0.318. The van der Waals surface area contributed by atoms with Crippen LogP contribution in [0.15, 0.2) is 18.2 Å². The molecule has 0 bridgehead atoms. The molecule has 0 aromatic heterocycles. The molecule has 0 saturated carbocycles. The van der Waals surface area contributed by atoms with E-state index in [0.29, 0.717) is 25.9 Å². The van der Waals surface area contributed by atoms with Crippen LogP contribution in [0.2, 0.25) is 0 Å². The van der Waals surface area contributed by atoms with Crippen molar-refractivity contribution in [2.45, 2.75) is 31.8 Å². The number of rotatable bonds is 12. The molecule has 7 N–H and O–H groups in total. The second kappa shape index (κ2) is 12.3. The number of nitrogens with two attached hydrogens (primary N) is 2. The van der Waals surface area contributed by atoms with Crippen molar-refractivity contribution >= 4 is 11.8 Å². The normalized spacial score (nSPS) is 13.1. The molecule has 0 heterocycles. The first kappa shape index (κ1) is 22.9. The number of carbonyl (C=O) groups is 2. The summed E-state index contributed by atoms with van der Waals surface area (Å²) in [7, 11) is 0. The molecule has 0 saturated heterocycles. The minimum absolute atomic E-state index is 0.117. The number of aliphatic hydroxyl groups is 1.